The molecule has 1 heterocycles. The molecule has 0 bridgehead atoms. The lowest BCUT2D eigenvalue weighted by molar-refractivity contribution is 1.22. The Bertz CT molecular complexity index is 985. The molecule has 0 amide bonds. The van der Waals surface area contributed by atoms with Gasteiger partial charge < -0.3 is 0 Å². The predicted molar refractivity (Wildman–Crippen MR) is 113 cm³/mol. The molecule has 0 aliphatic carbocycles. The molecule has 4 rings (SSSR count). The van der Waals surface area contributed by atoms with Crippen molar-refractivity contribution in [2.24, 2.45) is 10.2 Å². The fourth-order valence-corrected chi connectivity index (χ4v) is 3.23. The molecule has 1 aliphatic rings. The van der Waals surface area contributed by atoms with Gasteiger partial charge in [-0.2, -0.15) is 10.2 Å². The SMILES string of the molecule is Brc1ccc(C2=CC(c3ccccc3)=NN=C(c3ccccc3)C2)cc1. The molecule has 0 atom stereocenters. The van der Waals surface area contributed by atoms with E-state index in [1.807, 2.05) is 36.4 Å². The Labute approximate surface area is 161 Å². The minimum absolute atomic E-state index is 0.742. The fraction of sp³-hybridized carbons (Fsp3) is 0.0435. The highest BCUT2D eigenvalue weighted by atomic mass is 79.9. The third-order valence-electron chi connectivity index (χ3n) is 4.34. The molecule has 0 fully saturated rings. The molecule has 1 aliphatic heterocycles. The van der Waals surface area contributed by atoms with Gasteiger partial charge in [0.25, 0.3) is 0 Å². The Morgan fingerprint density at radius 3 is 1.88 bits per heavy atom. The highest BCUT2D eigenvalue weighted by Crippen LogP contribution is 2.26. The minimum Gasteiger partial charge on any atom is -0.154 e. The summed E-state index contributed by atoms with van der Waals surface area (Å²) in [6.07, 6.45) is 2.89. The Hall–Kier alpha value is -2.78. The van der Waals surface area contributed by atoms with Crippen molar-refractivity contribution in [3.63, 3.8) is 0 Å². The standard InChI is InChI=1S/C23H17BrN2/c24-21-13-11-17(12-14-21)20-15-22(18-7-3-1-4-8-18)25-26-23(16-20)19-9-5-2-6-10-19/h1-15H,16H2. The zero-order chi connectivity index (χ0) is 17.8. The van der Waals surface area contributed by atoms with Gasteiger partial charge in [-0.3, -0.25) is 0 Å². The molecule has 0 saturated heterocycles. The van der Waals surface area contributed by atoms with E-state index < -0.39 is 0 Å². The molecule has 2 nitrogen and oxygen atoms in total. The van der Waals surface area contributed by atoms with Crippen molar-refractivity contribution in [3.8, 4) is 0 Å². The molecule has 3 aromatic carbocycles. The maximum absolute atomic E-state index is 4.59. The number of nitrogens with zero attached hydrogens (tertiary/aromatic N) is 2. The van der Waals surface area contributed by atoms with Crippen molar-refractivity contribution in [3.05, 3.63) is 112 Å². The van der Waals surface area contributed by atoms with Crippen molar-refractivity contribution in [1.82, 2.24) is 0 Å². The molecule has 0 saturated carbocycles. The van der Waals surface area contributed by atoms with Crippen LogP contribution >= 0.6 is 15.9 Å². The summed E-state index contributed by atoms with van der Waals surface area (Å²) in [5.41, 5.74) is 6.43. The normalized spacial score (nSPS) is 14.1. The van der Waals surface area contributed by atoms with Crippen molar-refractivity contribution >= 4 is 32.9 Å². The summed E-state index contributed by atoms with van der Waals surface area (Å²) in [7, 11) is 0. The van der Waals surface area contributed by atoms with Crippen LogP contribution in [0.25, 0.3) is 5.57 Å². The van der Waals surface area contributed by atoms with Crippen molar-refractivity contribution in [1.29, 1.82) is 0 Å². The Balaban J connectivity index is 1.81. The molecule has 0 aromatic heterocycles. The smallest absolute Gasteiger partial charge is 0.0932 e. The van der Waals surface area contributed by atoms with E-state index in [2.05, 4.69) is 80.7 Å². The summed E-state index contributed by atoms with van der Waals surface area (Å²) in [4.78, 5) is 0. The lowest BCUT2D eigenvalue weighted by atomic mass is 9.95. The first-order valence-corrected chi connectivity index (χ1v) is 9.31. The number of allylic oxidation sites excluding steroid dienone is 2. The van der Waals surface area contributed by atoms with E-state index in [4.69, 9.17) is 0 Å². The van der Waals surface area contributed by atoms with E-state index in [1.54, 1.807) is 0 Å². The number of hydrogen-bond acceptors (Lipinski definition) is 2. The third-order valence-corrected chi connectivity index (χ3v) is 4.87. The van der Waals surface area contributed by atoms with Gasteiger partial charge in [0.15, 0.2) is 0 Å². The first-order chi connectivity index (χ1) is 12.8. The zero-order valence-corrected chi connectivity index (χ0v) is 15.7. The molecular weight excluding hydrogens is 384 g/mol. The maximum Gasteiger partial charge on any atom is 0.0932 e. The van der Waals surface area contributed by atoms with Crippen LogP contribution in [0, 0.1) is 0 Å². The van der Waals surface area contributed by atoms with E-state index in [9.17, 15) is 0 Å². The van der Waals surface area contributed by atoms with Gasteiger partial charge in [-0.15, -0.1) is 0 Å². The Morgan fingerprint density at radius 2 is 1.23 bits per heavy atom. The van der Waals surface area contributed by atoms with Gasteiger partial charge in [-0.05, 0) is 34.9 Å². The minimum atomic E-state index is 0.742. The van der Waals surface area contributed by atoms with Crippen LogP contribution in [0.3, 0.4) is 0 Å². The van der Waals surface area contributed by atoms with Gasteiger partial charge in [0.05, 0.1) is 11.4 Å². The molecule has 0 radical (unpaired) electrons. The molecule has 0 unspecified atom stereocenters. The van der Waals surface area contributed by atoms with Gasteiger partial charge in [-0.1, -0.05) is 88.7 Å². The lowest BCUT2D eigenvalue weighted by Crippen LogP contribution is -2.01. The van der Waals surface area contributed by atoms with Crippen LogP contribution in [0.4, 0.5) is 0 Å². The number of hydrogen-bond donors (Lipinski definition) is 0. The van der Waals surface area contributed by atoms with E-state index in [1.165, 1.54) is 11.1 Å². The summed E-state index contributed by atoms with van der Waals surface area (Å²) in [5, 5.41) is 9.15. The van der Waals surface area contributed by atoms with E-state index >= 15 is 0 Å². The highest BCUT2D eigenvalue weighted by Gasteiger charge is 2.14. The quantitative estimate of drug-likeness (QED) is 0.505. The second-order valence-electron chi connectivity index (χ2n) is 6.12. The molecule has 26 heavy (non-hydrogen) atoms. The predicted octanol–water partition coefficient (Wildman–Crippen LogP) is 6.13. The molecule has 0 spiro atoms. The second-order valence-corrected chi connectivity index (χ2v) is 7.03. The van der Waals surface area contributed by atoms with Gasteiger partial charge in [-0.25, -0.2) is 0 Å². The van der Waals surface area contributed by atoms with Gasteiger partial charge in [0.2, 0.25) is 0 Å². The van der Waals surface area contributed by atoms with Crippen molar-refractivity contribution in [2.45, 2.75) is 6.42 Å². The van der Waals surface area contributed by atoms with E-state index in [0.717, 1.165) is 33.4 Å². The number of halogens is 1. The monoisotopic (exact) mass is 400 g/mol. The summed E-state index contributed by atoms with van der Waals surface area (Å²) >= 11 is 3.52. The van der Waals surface area contributed by atoms with Crippen LogP contribution in [0.5, 0.6) is 0 Å². The Morgan fingerprint density at radius 1 is 0.615 bits per heavy atom. The number of rotatable bonds is 3. The molecular formula is C23H17BrN2. The summed E-state index contributed by atoms with van der Waals surface area (Å²) in [5.74, 6) is 0. The van der Waals surface area contributed by atoms with E-state index in [0.29, 0.717) is 0 Å². The molecule has 3 heteroatoms. The van der Waals surface area contributed by atoms with Gasteiger partial charge in [0, 0.05) is 16.5 Å². The molecule has 126 valence electrons. The van der Waals surface area contributed by atoms with Crippen LogP contribution in [-0.4, -0.2) is 11.4 Å². The van der Waals surface area contributed by atoms with Crippen LogP contribution in [0.2, 0.25) is 0 Å². The summed E-state index contributed by atoms with van der Waals surface area (Å²) in [6, 6.07) is 28.9. The number of benzene rings is 3. The average Bonchev–Trinajstić information content (AvgIpc) is 2.93. The summed E-state index contributed by atoms with van der Waals surface area (Å²) in [6.45, 7) is 0. The molecule has 0 N–H and O–H groups in total. The van der Waals surface area contributed by atoms with Crippen LogP contribution in [0.15, 0.2) is 106 Å². The largest absolute Gasteiger partial charge is 0.154 e. The third kappa shape index (κ3) is 3.73. The molecule has 3 aromatic rings. The first-order valence-electron chi connectivity index (χ1n) is 8.51. The highest BCUT2D eigenvalue weighted by molar-refractivity contribution is 9.10. The summed E-state index contributed by atoms with van der Waals surface area (Å²) < 4.78 is 1.07. The maximum atomic E-state index is 4.59. The Kier molecular flexibility index (Phi) is 4.89. The first kappa shape index (κ1) is 16.7. The topological polar surface area (TPSA) is 24.7 Å². The second kappa shape index (κ2) is 7.63. The van der Waals surface area contributed by atoms with Crippen LogP contribution < -0.4 is 0 Å². The van der Waals surface area contributed by atoms with Gasteiger partial charge in [0.1, 0.15) is 0 Å². The van der Waals surface area contributed by atoms with Gasteiger partial charge >= 0.3 is 0 Å². The van der Waals surface area contributed by atoms with Crippen molar-refractivity contribution in [2.75, 3.05) is 0 Å². The van der Waals surface area contributed by atoms with Crippen LogP contribution in [-0.2, 0) is 0 Å². The van der Waals surface area contributed by atoms with Crippen LogP contribution in [0.1, 0.15) is 23.1 Å². The zero-order valence-electron chi connectivity index (χ0n) is 14.1. The average molecular weight is 401 g/mol. The fourth-order valence-electron chi connectivity index (χ4n) is 2.96. The van der Waals surface area contributed by atoms with E-state index in [-0.39, 0.29) is 0 Å². The van der Waals surface area contributed by atoms with Crippen molar-refractivity contribution < 1.29 is 0 Å². The lowest BCUT2D eigenvalue weighted by Gasteiger charge is -2.09.